The third kappa shape index (κ3) is 3.73. The number of hydrogen-bond donors (Lipinski definition) is 2. The molecule has 2 N–H and O–H groups in total. The van der Waals surface area contributed by atoms with Crippen LogP contribution in [-0.2, 0) is 6.54 Å². The highest BCUT2D eigenvalue weighted by atomic mass is 35.5. The van der Waals surface area contributed by atoms with Crippen molar-refractivity contribution >= 4 is 28.9 Å². The zero-order valence-electron chi connectivity index (χ0n) is 15.3. The first kappa shape index (κ1) is 18.5. The molecule has 6 nitrogen and oxygen atoms in total. The van der Waals surface area contributed by atoms with Crippen LogP contribution in [0.3, 0.4) is 0 Å². The smallest absolute Gasteiger partial charge is 0.287 e. The summed E-state index contributed by atoms with van der Waals surface area (Å²) in [4.78, 5) is 29.9. The molecule has 0 radical (unpaired) electrons. The lowest BCUT2D eigenvalue weighted by Crippen LogP contribution is -2.34. The minimum atomic E-state index is -0.344. The molecule has 3 aromatic rings. The van der Waals surface area contributed by atoms with E-state index in [0.717, 1.165) is 31.2 Å². The summed E-state index contributed by atoms with van der Waals surface area (Å²) in [6, 6.07) is 12.9. The Kier molecular flexibility index (Phi) is 5.30. The summed E-state index contributed by atoms with van der Waals surface area (Å²) in [7, 11) is 0. The molecule has 0 saturated heterocycles. The number of rotatable bonds is 5. The molecule has 2 heterocycles. The Morgan fingerprint density at radius 2 is 1.82 bits per heavy atom. The standard InChI is InChI=1S/C21H21ClN4O2/c22-16-10-4-1-7-14(16)13-23-20(27)18-17-11-5-6-12-26(17)19(25-18)21(28)24-15-8-2-3-9-15/h1,4-7,10-12,15H,2-3,8-9,13H2,(H,23,27)(H,24,28). The normalized spacial score (nSPS) is 14.3. The molecule has 0 spiro atoms. The molecule has 1 fully saturated rings. The van der Waals surface area contributed by atoms with Crippen molar-refractivity contribution in [1.82, 2.24) is 20.0 Å². The first-order valence-corrected chi connectivity index (χ1v) is 9.81. The van der Waals surface area contributed by atoms with Crippen LogP contribution < -0.4 is 10.6 Å². The van der Waals surface area contributed by atoms with E-state index in [1.54, 1.807) is 22.7 Å². The molecule has 28 heavy (non-hydrogen) atoms. The number of nitrogens with zero attached hydrogens (tertiary/aromatic N) is 2. The Hall–Kier alpha value is -2.86. The third-order valence-corrected chi connectivity index (χ3v) is 5.42. The van der Waals surface area contributed by atoms with E-state index < -0.39 is 0 Å². The summed E-state index contributed by atoms with van der Waals surface area (Å²) < 4.78 is 1.66. The van der Waals surface area contributed by atoms with Crippen molar-refractivity contribution in [2.24, 2.45) is 0 Å². The van der Waals surface area contributed by atoms with Crippen LogP contribution in [0.1, 0.15) is 52.4 Å². The Morgan fingerprint density at radius 1 is 1.07 bits per heavy atom. The second-order valence-corrected chi connectivity index (χ2v) is 7.38. The maximum absolute atomic E-state index is 12.8. The van der Waals surface area contributed by atoms with E-state index >= 15 is 0 Å². The molecule has 2 aromatic heterocycles. The molecule has 1 aromatic carbocycles. The number of imidazole rings is 1. The fourth-order valence-electron chi connectivity index (χ4n) is 3.59. The van der Waals surface area contributed by atoms with E-state index in [9.17, 15) is 9.59 Å². The molecule has 4 rings (SSSR count). The molecular formula is C21H21ClN4O2. The van der Waals surface area contributed by atoms with Crippen LogP contribution in [0.25, 0.3) is 5.52 Å². The predicted molar refractivity (Wildman–Crippen MR) is 108 cm³/mol. The van der Waals surface area contributed by atoms with E-state index in [1.807, 2.05) is 30.3 Å². The molecule has 1 aliphatic carbocycles. The van der Waals surface area contributed by atoms with Gasteiger partial charge in [0.25, 0.3) is 11.8 Å². The molecular weight excluding hydrogens is 376 g/mol. The minimum absolute atomic E-state index is 0.182. The number of halogens is 1. The summed E-state index contributed by atoms with van der Waals surface area (Å²) in [6.45, 7) is 0.286. The zero-order valence-corrected chi connectivity index (χ0v) is 16.1. The Bertz CT molecular complexity index is 1020. The van der Waals surface area contributed by atoms with Gasteiger partial charge in [0.05, 0.1) is 5.52 Å². The van der Waals surface area contributed by atoms with Gasteiger partial charge in [-0.25, -0.2) is 4.98 Å². The molecule has 7 heteroatoms. The lowest BCUT2D eigenvalue weighted by molar-refractivity contribution is 0.0926. The summed E-state index contributed by atoms with van der Waals surface area (Å²) in [5.74, 6) is -0.368. The SMILES string of the molecule is O=C(NCc1ccccc1Cl)c1nc(C(=O)NC2CCCC2)n2ccccc12. The predicted octanol–water partition coefficient (Wildman–Crippen LogP) is 3.59. The highest BCUT2D eigenvalue weighted by Gasteiger charge is 2.24. The number of carbonyl (C=O) groups is 2. The third-order valence-electron chi connectivity index (χ3n) is 5.05. The van der Waals surface area contributed by atoms with Crippen LogP contribution in [0, 0.1) is 0 Å². The van der Waals surface area contributed by atoms with Crippen LogP contribution in [-0.4, -0.2) is 27.2 Å². The van der Waals surface area contributed by atoms with Crippen molar-refractivity contribution in [1.29, 1.82) is 0 Å². The molecule has 1 saturated carbocycles. The van der Waals surface area contributed by atoms with Gasteiger partial charge < -0.3 is 10.6 Å². The van der Waals surface area contributed by atoms with Crippen molar-refractivity contribution in [3.63, 3.8) is 0 Å². The van der Waals surface area contributed by atoms with Crippen LogP contribution in [0.5, 0.6) is 0 Å². The molecule has 0 atom stereocenters. The molecule has 1 aliphatic rings. The van der Waals surface area contributed by atoms with E-state index in [1.165, 1.54) is 0 Å². The number of pyridine rings is 1. The molecule has 0 aliphatic heterocycles. The van der Waals surface area contributed by atoms with Crippen molar-refractivity contribution in [2.45, 2.75) is 38.3 Å². The zero-order chi connectivity index (χ0) is 19.5. The maximum atomic E-state index is 12.8. The van der Waals surface area contributed by atoms with Gasteiger partial charge in [-0.15, -0.1) is 0 Å². The van der Waals surface area contributed by atoms with Gasteiger partial charge >= 0.3 is 0 Å². The number of amides is 2. The lowest BCUT2D eigenvalue weighted by Gasteiger charge is -2.10. The summed E-state index contributed by atoms with van der Waals surface area (Å²) >= 11 is 6.15. The monoisotopic (exact) mass is 396 g/mol. The van der Waals surface area contributed by atoms with Gasteiger partial charge in [-0.3, -0.25) is 14.0 Å². The van der Waals surface area contributed by atoms with Crippen LogP contribution >= 0.6 is 11.6 Å². The van der Waals surface area contributed by atoms with Gasteiger partial charge in [0, 0.05) is 23.8 Å². The first-order chi connectivity index (χ1) is 13.6. The van der Waals surface area contributed by atoms with Gasteiger partial charge in [-0.1, -0.05) is 48.7 Å². The minimum Gasteiger partial charge on any atom is -0.347 e. The molecule has 2 amide bonds. The fourth-order valence-corrected chi connectivity index (χ4v) is 3.79. The fraction of sp³-hybridized carbons (Fsp3) is 0.286. The van der Waals surface area contributed by atoms with Gasteiger partial charge in [0.15, 0.2) is 5.69 Å². The Balaban J connectivity index is 1.57. The Morgan fingerprint density at radius 3 is 2.61 bits per heavy atom. The highest BCUT2D eigenvalue weighted by Crippen LogP contribution is 2.19. The van der Waals surface area contributed by atoms with Gasteiger partial charge in [-0.2, -0.15) is 0 Å². The average Bonchev–Trinajstić information content (AvgIpc) is 3.35. The molecule has 0 unspecified atom stereocenters. The van der Waals surface area contributed by atoms with Crippen LogP contribution in [0.15, 0.2) is 48.7 Å². The maximum Gasteiger partial charge on any atom is 0.287 e. The molecule has 0 bridgehead atoms. The van der Waals surface area contributed by atoms with Crippen molar-refractivity contribution in [2.75, 3.05) is 0 Å². The van der Waals surface area contributed by atoms with Crippen LogP contribution in [0.2, 0.25) is 5.02 Å². The summed E-state index contributed by atoms with van der Waals surface area (Å²) in [5.41, 5.74) is 1.64. The van der Waals surface area contributed by atoms with Crippen LogP contribution in [0.4, 0.5) is 0 Å². The summed E-state index contributed by atoms with van der Waals surface area (Å²) in [6.07, 6.45) is 5.98. The van der Waals surface area contributed by atoms with E-state index in [4.69, 9.17) is 11.6 Å². The number of fused-ring (bicyclic) bond motifs is 1. The van der Waals surface area contributed by atoms with Gasteiger partial charge in [-0.05, 0) is 36.6 Å². The average molecular weight is 397 g/mol. The topological polar surface area (TPSA) is 75.5 Å². The van der Waals surface area contributed by atoms with Gasteiger partial charge in [0.2, 0.25) is 5.82 Å². The molecule has 144 valence electrons. The number of nitrogens with one attached hydrogen (secondary N) is 2. The van der Waals surface area contributed by atoms with Crippen molar-refractivity contribution in [3.8, 4) is 0 Å². The quantitative estimate of drug-likeness (QED) is 0.692. The summed E-state index contributed by atoms with van der Waals surface area (Å²) in [5, 5.41) is 6.47. The van der Waals surface area contributed by atoms with Gasteiger partial charge in [0.1, 0.15) is 0 Å². The number of aromatic nitrogens is 2. The van der Waals surface area contributed by atoms with Crippen molar-refractivity contribution < 1.29 is 9.59 Å². The Labute approximate surface area is 167 Å². The van der Waals surface area contributed by atoms with E-state index in [2.05, 4.69) is 15.6 Å². The second kappa shape index (κ2) is 8.02. The van der Waals surface area contributed by atoms with E-state index in [-0.39, 0.29) is 35.9 Å². The van der Waals surface area contributed by atoms with Crippen molar-refractivity contribution in [3.05, 3.63) is 70.8 Å². The largest absolute Gasteiger partial charge is 0.347 e. The number of hydrogen-bond acceptors (Lipinski definition) is 3. The number of benzene rings is 1. The van der Waals surface area contributed by atoms with E-state index in [0.29, 0.717) is 10.5 Å². The second-order valence-electron chi connectivity index (χ2n) is 6.97. The number of carbonyl (C=O) groups excluding carboxylic acids is 2. The first-order valence-electron chi connectivity index (χ1n) is 9.43. The lowest BCUT2D eigenvalue weighted by atomic mass is 10.2. The highest BCUT2D eigenvalue weighted by molar-refractivity contribution is 6.31.